The quantitative estimate of drug-likeness (QED) is 0.787. The van der Waals surface area contributed by atoms with Gasteiger partial charge in [-0.2, -0.15) is 0 Å². The Hall–Kier alpha value is -0.770. The van der Waals surface area contributed by atoms with E-state index in [1.54, 1.807) is 4.90 Å². The zero-order valence-corrected chi connectivity index (χ0v) is 10.7. The summed E-state index contributed by atoms with van der Waals surface area (Å²) in [7, 11) is 0. The fraction of sp³-hybridized carbons (Fsp3) is 0.923. The second-order valence-electron chi connectivity index (χ2n) is 5.54. The molecule has 0 aromatic heterocycles. The number of nitrogens with zero attached hydrogens (tertiary/aromatic N) is 1. The van der Waals surface area contributed by atoms with Crippen molar-refractivity contribution in [1.29, 1.82) is 0 Å². The monoisotopic (exact) mass is 239 g/mol. The van der Waals surface area contributed by atoms with Crippen LogP contribution in [0.2, 0.25) is 0 Å². The lowest BCUT2D eigenvalue weighted by Crippen LogP contribution is -2.50. The smallest absolute Gasteiger partial charge is 0.314 e. The normalized spacial score (nSPS) is 27.1. The molecule has 0 aromatic rings. The molecule has 17 heavy (non-hydrogen) atoms. The molecule has 1 atom stereocenters. The van der Waals surface area contributed by atoms with Crippen molar-refractivity contribution in [2.24, 2.45) is 11.7 Å². The number of hydrogen-bond acceptors (Lipinski definition) is 2. The van der Waals surface area contributed by atoms with E-state index in [9.17, 15) is 4.79 Å². The molecule has 4 nitrogen and oxygen atoms in total. The van der Waals surface area contributed by atoms with Crippen molar-refractivity contribution in [3.8, 4) is 0 Å². The van der Waals surface area contributed by atoms with E-state index in [4.69, 9.17) is 5.73 Å². The van der Waals surface area contributed by atoms with Crippen LogP contribution in [-0.4, -0.2) is 36.6 Å². The summed E-state index contributed by atoms with van der Waals surface area (Å²) in [6.07, 6.45) is 9.20. The number of primary amides is 1. The molecule has 0 spiro atoms. The number of amides is 2. The maximum atomic E-state index is 11.1. The molecule has 1 saturated carbocycles. The van der Waals surface area contributed by atoms with Crippen molar-refractivity contribution in [3.05, 3.63) is 0 Å². The highest BCUT2D eigenvalue weighted by molar-refractivity contribution is 5.72. The Morgan fingerprint density at radius 2 is 1.94 bits per heavy atom. The summed E-state index contributed by atoms with van der Waals surface area (Å²) in [6.45, 7) is 2.75. The third-order valence-electron chi connectivity index (χ3n) is 4.15. The SMILES string of the molecule is NC(=O)N1CCCC(NCC2CCCCC2)C1. The summed E-state index contributed by atoms with van der Waals surface area (Å²) in [6, 6.07) is 0.187. The van der Waals surface area contributed by atoms with Crippen molar-refractivity contribution < 1.29 is 4.79 Å². The Balaban J connectivity index is 1.69. The molecule has 0 aromatic carbocycles. The molecule has 2 rings (SSSR count). The maximum Gasteiger partial charge on any atom is 0.314 e. The highest BCUT2D eigenvalue weighted by Gasteiger charge is 2.22. The minimum absolute atomic E-state index is 0.269. The fourth-order valence-corrected chi connectivity index (χ4v) is 3.07. The molecule has 98 valence electrons. The van der Waals surface area contributed by atoms with Gasteiger partial charge in [-0.3, -0.25) is 0 Å². The molecule has 3 N–H and O–H groups in total. The molecule has 2 fully saturated rings. The zero-order chi connectivity index (χ0) is 12.1. The molecule has 2 aliphatic rings. The summed E-state index contributed by atoms with van der Waals surface area (Å²) in [4.78, 5) is 12.9. The van der Waals surface area contributed by atoms with Crippen LogP contribution in [0.5, 0.6) is 0 Å². The number of hydrogen-bond donors (Lipinski definition) is 2. The van der Waals surface area contributed by atoms with E-state index in [2.05, 4.69) is 5.32 Å². The Labute approximate surface area is 104 Å². The van der Waals surface area contributed by atoms with Gasteiger partial charge in [0.2, 0.25) is 0 Å². The number of carbonyl (C=O) groups excluding carboxylic acids is 1. The van der Waals surface area contributed by atoms with Crippen molar-refractivity contribution in [1.82, 2.24) is 10.2 Å². The van der Waals surface area contributed by atoms with Crippen LogP contribution in [0.15, 0.2) is 0 Å². The first kappa shape index (κ1) is 12.7. The van der Waals surface area contributed by atoms with Crippen LogP contribution >= 0.6 is 0 Å². The fourth-order valence-electron chi connectivity index (χ4n) is 3.07. The molecular weight excluding hydrogens is 214 g/mol. The molecule has 1 heterocycles. The van der Waals surface area contributed by atoms with Gasteiger partial charge in [0.1, 0.15) is 0 Å². The van der Waals surface area contributed by atoms with Crippen LogP contribution in [0.25, 0.3) is 0 Å². The molecule has 2 amide bonds. The Kier molecular flexibility index (Phi) is 4.66. The van der Waals surface area contributed by atoms with Crippen LogP contribution in [0.3, 0.4) is 0 Å². The van der Waals surface area contributed by atoms with Crippen molar-refractivity contribution >= 4 is 6.03 Å². The average Bonchev–Trinajstić information content (AvgIpc) is 2.38. The first-order chi connectivity index (χ1) is 8.25. The highest BCUT2D eigenvalue weighted by Crippen LogP contribution is 2.23. The van der Waals surface area contributed by atoms with E-state index < -0.39 is 0 Å². The molecule has 0 radical (unpaired) electrons. The van der Waals surface area contributed by atoms with E-state index in [1.807, 2.05) is 0 Å². The second kappa shape index (κ2) is 6.24. The number of nitrogens with two attached hydrogens (primary N) is 1. The van der Waals surface area contributed by atoms with E-state index in [-0.39, 0.29) is 6.03 Å². The third kappa shape index (κ3) is 3.87. The number of rotatable bonds is 3. The number of urea groups is 1. The predicted octanol–water partition coefficient (Wildman–Crippen LogP) is 1.70. The Morgan fingerprint density at radius 3 is 2.65 bits per heavy atom. The van der Waals surface area contributed by atoms with E-state index in [1.165, 1.54) is 38.5 Å². The van der Waals surface area contributed by atoms with E-state index in [0.29, 0.717) is 6.04 Å². The standard InChI is InChI=1S/C13H25N3O/c14-13(17)16-8-4-7-12(10-16)15-9-11-5-2-1-3-6-11/h11-12,15H,1-10H2,(H2,14,17). The van der Waals surface area contributed by atoms with Gasteiger partial charge in [-0.25, -0.2) is 4.79 Å². The second-order valence-corrected chi connectivity index (χ2v) is 5.54. The maximum absolute atomic E-state index is 11.1. The van der Waals surface area contributed by atoms with Gasteiger partial charge in [0.05, 0.1) is 0 Å². The van der Waals surface area contributed by atoms with Crippen LogP contribution < -0.4 is 11.1 Å². The summed E-state index contributed by atoms with van der Waals surface area (Å²) in [5, 5.41) is 3.63. The molecule has 1 saturated heterocycles. The van der Waals surface area contributed by atoms with Gasteiger partial charge in [-0.05, 0) is 38.1 Å². The van der Waals surface area contributed by atoms with Crippen LogP contribution in [0.4, 0.5) is 4.79 Å². The lowest BCUT2D eigenvalue weighted by atomic mass is 9.89. The van der Waals surface area contributed by atoms with Gasteiger partial charge in [-0.15, -0.1) is 0 Å². The van der Waals surface area contributed by atoms with Crippen LogP contribution in [-0.2, 0) is 0 Å². The predicted molar refractivity (Wildman–Crippen MR) is 68.8 cm³/mol. The number of likely N-dealkylation sites (tertiary alicyclic amines) is 1. The van der Waals surface area contributed by atoms with E-state index in [0.717, 1.165) is 32.0 Å². The largest absolute Gasteiger partial charge is 0.351 e. The minimum atomic E-state index is -0.269. The number of nitrogens with one attached hydrogen (secondary N) is 1. The zero-order valence-electron chi connectivity index (χ0n) is 10.7. The lowest BCUT2D eigenvalue weighted by molar-refractivity contribution is 0.178. The summed E-state index contributed by atoms with van der Waals surface area (Å²) < 4.78 is 0. The van der Waals surface area contributed by atoms with Gasteiger partial charge < -0.3 is 16.0 Å². The molecule has 1 aliphatic carbocycles. The molecule has 0 bridgehead atoms. The van der Waals surface area contributed by atoms with Crippen LogP contribution in [0, 0.1) is 5.92 Å². The number of carbonyl (C=O) groups is 1. The van der Waals surface area contributed by atoms with Gasteiger partial charge in [-0.1, -0.05) is 19.3 Å². The van der Waals surface area contributed by atoms with Crippen LogP contribution in [0.1, 0.15) is 44.9 Å². The Morgan fingerprint density at radius 1 is 1.18 bits per heavy atom. The van der Waals surface area contributed by atoms with Crippen molar-refractivity contribution in [2.45, 2.75) is 51.0 Å². The first-order valence-electron chi connectivity index (χ1n) is 7.03. The van der Waals surface area contributed by atoms with E-state index >= 15 is 0 Å². The van der Waals surface area contributed by atoms with Gasteiger partial charge in [0, 0.05) is 19.1 Å². The summed E-state index contributed by atoms with van der Waals surface area (Å²) >= 11 is 0. The molecule has 4 heteroatoms. The Bertz CT molecular complexity index is 251. The minimum Gasteiger partial charge on any atom is -0.351 e. The topological polar surface area (TPSA) is 58.4 Å². The van der Waals surface area contributed by atoms with Gasteiger partial charge >= 0.3 is 6.03 Å². The van der Waals surface area contributed by atoms with Gasteiger partial charge in [0.25, 0.3) is 0 Å². The molecular formula is C13H25N3O. The average molecular weight is 239 g/mol. The number of piperidine rings is 1. The highest BCUT2D eigenvalue weighted by atomic mass is 16.2. The van der Waals surface area contributed by atoms with Crippen molar-refractivity contribution in [2.75, 3.05) is 19.6 Å². The third-order valence-corrected chi connectivity index (χ3v) is 4.15. The lowest BCUT2D eigenvalue weighted by Gasteiger charge is -2.33. The van der Waals surface area contributed by atoms with Crippen molar-refractivity contribution in [3.63, 3.8) is 0 Å². The van der Waals surface area contributed by atoms with Gasteiger partial charge in [0.15, 0.2) is 0 Å². The summed E-state index contributed by atoms with van der Waals surface area (Å²) in [5.41, 5.74) is 5.33. The molecule has 1 aliphatic heterocycles. The molecule has 1 unspecified atom stereocenters. The summed E-state index contributed by atoms with van der Waals surface area (Å²) in [5.74, 6) is 0.854. The first-order valence-corrected chi connectivity index (χ1v) is 7.03.